The highest BCUT2D eigenvalue weighted by Gasteiger charge is 2.30. The van der Waals surface area contributed by atoms with Crippen LogP contribution in [0.1, 0.15) is 46.0 Å². The summed E-state index contributed by atoms with van der Waals surface area (Å²) in [6, 6.07) is 7.57. The number of hydrogen-bond acceptors (Lipinski definition) is 5. The van der Waals surface area contributed by atoms with Crippen LogP contribution in [0.25, 0.3) is 0 Å². The first kappa shape index (κ1) is 21.4. The lowest BCUT2D eigenvalue weighted by Gasteiger charge is -2.38. The number of H-pyrrole nitrogens is 1. The number of aromatic nitrogens is 1. The van der Waals surface area contributed by atoms with E-state index in [1.54, 1.807) is 20.8 Å². The van der Waals surface area contributed by atoms with E-state index >= 15 is 0 Å². The largest absolute Gasteiger partial charge is 0.462 e. The van der Waals surface area contributed by atoms with Crippen molar-refractivity contribution in [2.75, 3.05) is 37.7 Å². The molecule has 0 aliphatic carbocycles. The predicted octanol–water partition coefficient (Wildman–Crippen LogP) is 3.86. The summed E-state index contributed by atoms with van der Waals surface area (Å²) in [5.41, 5.74) is 3.40. The van der Waals surface area contributed by atoms with E-state index in [9.17, 15) is 9.59 Å². The minimum absolute atomic E-state index is 0.00245. The van der Waals surface area contributed by atoms with Crippen molar-refractivity contribution in [3.63, 3.8) is 0 Å². The molecule has 1 aliphatic rings. The smallest absolute Gasteiger partial charge is 0.340 e. The van der Waals surface area contributed by atoms with Gasteiger partial charge < -0.3 is 14.6 Å². The van der Waals surface area contributed by atoms with Gasteiger partial charge >= 0.3 is 5.97 Å². The number of aryl methyl sites for hydroxylation is 1. The van der Waals surface area contributed by atoms with Gasteiger partial charge in [-0.3, -0.25) is 9.69 Å². The van der Waals surface area contributed by atoms with Crippen molar-refractivity contribution in [3.05, 3.63) is 51.8 Å². The van der Waals surface area contributed by atoms with Crippen LogP contribution in [0.2, 0.25) is 5.02 Å². The van der Waals surface area contributed by atoms with E-state index in [1.807, 2.05) is 25.1 Å². The zero-order chi connectivity index (χ0) is 21.1. The molecule has 2 aromatic rings. The van der Waals surface area contributed by atoms with Crippen LogP contribution in [-0.2, 0) is 4.74 Å². The average Bonchev–Trinajstić information content (AvgIpc) is 3.01. The number of aromatic amines is 1. The van der Waals surface area contributed by atoms with E-state index in [0.29, 0.717) is 29.1 Å². The Kier molecular flexibility index (Phi) is 6.65. The molecule has 1 aromatic carbocycles. The summed E-state index contributed by atoms with van der Waals surface area (Å²) < 4.78 is 5.13. The summed E-state index contributed by atoms with van der Waals surface area (Å²) in [5.74, 6) is -0.391. The Balaban J connectivity index is 1.69. The van der Waals surface area contributed by atoms with Crippen molar-refractivity contribution < 1.29 is 14.3 Å². The molecule has 2 heterocycles. The molecule has 1 N–H and O–H groups in total. The maximum atomic E-state index is 13.2. The van der Waals surface area contributed by atoms with Gasteiger partial charge in [0.1, 0.15) is 0 Å². The van der Waals surface area contributed by atoms with E-state index < -0.39 is 0 Å². The van der Waals surface area contributed by atoms with Crippen LogP contribution in [0.15, 0.2) is 24.3 Å². The van der Waals surface area contributed by atoms with Crippen LogP contribution >= 0.6 is 11.6 Å². The molecule has 6 nitrogen and oxygen atoms in total. The second kappa shape index (κ2) is 9.01. The Morgan fingerprint density at radius 2 is 1.90 bits per heavy atom. The van der Waals surface area contributed by atoms with Crippen molar-refractivity contribution in [3.8, 4) is 0 Å². The maximum absolute atomic E-state index is 13.2. The summed E-state index contributed by atoms with van der Waals surface area (Å²) in [6.07, 6.45) is 0. The molecule has 29 heavy (non-hydrogen) atoms. The van der Waals surface area contributed by atoms with Gasteiger partial charge in [-0.2, -0.15) is 0 Å². The first-order chi connectivity index (χ1) is 13.8. The number of ether oxygens (including phenoxy) is 1. The molecule has 0 radical (unpaired) electrons. The van der Waals surface area contributed by atoms with Gasteiger partial charge in [0.05, 0.1) is 23.9 Å². The third-order valence-electron chi connectivity index (χ3n) is 5.58. The van der Waals surface area contributed by atoms with Gasteiger partial charge in [-0.15, -0.1) is 0 Å². The highest BCUT2D eigenvalue weighted by Crippen LogP contribution is 2.24. The molecule has 0 spiro atoms. The number of Topliss-reactive ketones (excluding diaryl/α,β-unsaturated/α-hetero) is 1. The number of carbonyl (C=O) groups excluding carboxylic acids is 2. The van der Waals surface area contributed by atoms with E-state index in [4.69, 9.17) is 16.3 Å². The summed E-state index contributed by atoms with van der Waals surface area (Å²) in [6.45, 7) is 10.8. The number of nitrogens with one attached hydrogen (secondary N) is 1. The molecule has 1 fully saturated rings. The van der Waals surface area contributed by atoms with Crippen molar-refractivity contribution in [1.29, 1.82) is 0 Å². The quantitative estimate of drug-likeness (QED) is 0.571. The SMILES string of the molecule is CCOC(=O)c1c(C)[nH]c(C(=O)C(C)N2CCN(c3cccc(Cl)c3)CC2)c1C. The molecule has 1 unspecified atom stereocenters. The topological polar surface area (TPSA) is 65.6 Å². The molecule has 1 atom stereocenters. The molecule has 1 aromatic heterocycles. The maximum Gasteiger partial charge on any atom is 0.340 e. The lowest BCUT2D eigenvalue weighted by atomic mass is 10.0. The van der Waals surface area contributed by atoms with Crippen LogP contribution in [0, 0.1) is 13.8 Å². The van der Waals surface area contributed by atoms with Crippen molar-refractivity contribution in [2.45, 2.75) is 33.7 Å². The number of piperazine rings is 1. The van der Waals surface area contributed by atoms with E-state index in [2.05, 4.69) is 20.9 Å². The van der Waals surface area contributed by atoms with Crippen LogP contribution in [-0.4, -0.2) is 60.5 Å². The molecular formula is C22H28ClN3O3. The third kappa shape index (κ3) is 4.49. The summed E-state index contributed by atoms with van der Waals surface area (Å²) in [5, 5.41) is 0.725. The fourth-order valence-electron chi connectivity index (χ4n) is 3.92. The molecule has 1 saturated heterocycles. The molecule has 7 heteroatoms. The number of benzene rings is 1. The first-order valence-corrected chi connectivity index (χ1v) is 10.4. The molecule has 0 amide bonds. The van der Waals surface area contributed by atoms with Crippen LogP contribution in [0.5, 0.6) is 0 Å². The zero-order valence-electron chi connectivity index (χ0n) is 17.4. The first-order valence-electron chi connectivity index (χ1n) is 9.98. The standard InChI is InChI=1S/C22H28ClN3O3/c1-5-29-22(28)19-14(2)20(24-15(19)3)21(27)16(4)25-9-11-26(12-10-25)18-8-6-7-17(23)13-18/h6-8,13,16,24H,5,9-12H2,1-4H3. The number of hydrogen-bond donors (Lipinski definition) is 1. The molecular weight excluding hydrogens is 390 g/mol. The highest BCUT2D eigenvalue weighted by molar-refractivity contribution is 6.30. The predicted molar refractivity (Wildman–Crippen MR) is 115 cm³/mol. The Hall–Kier alpha value is -2.31. The second-order valence-electron chi connectivity index (χ2n) is 7.39. The molecule has 0 bridgehead atoms. The third-order valence-corrected chi connectivity index (χ3v) is 5.81. The zero-order valence-corrected chi connectivity index (χ0v) is 18.2. The monoisotopic (exact) mass is 417 g/mol. The van der Waals surface area contributed by atoms with E-state index in [-0.39, 0.29) is 17.8 Å². The minimum Gasteiger partial charge on any atom is -0.462 e. The van der Waals surface area contributed by atoms with Gasteiger partial charge in [-0.25, -0.2) is 4.79 Å². The Morgan fingerprint density at radius 3 is 2.52 bits per heavy atom. The Morgan fingerprint density at radius 1 is 1.21 bits per heavy atom. The Bertz CT molecular complexity index is 901. The molecule has 156 valence electrons. The number of esters is 1. The van der Waals surface area contributed by atoms with Crippen molar-refractivity contribution in [1.82, 2.24) is 9.88 Å². The van der Waals surface area contributed by atoms with Gasteiger partial charge in [-0.05, 0) is 51.5 Å². The lowest BCUT2D eigenvalue weighted by Crippen LogP contribution is -2.51. The highest BCUT2D eigenvalue weighted by atomic mass is 35.5. The van der Waals surface area contributed by atoms with Gasteiger partial charge in [-0.1, -0.05) is 17.7 Å². The summed E-state index contributed by atoms with van der Waals surface area (Å²) in [7, 11) is 0. The van der Waals surface area contributed by atoms with Gasteiger partial charge in [0, 0.05) is 42.6 Å². The molecule has 0 saturated carbocycles. The summed E-state index contributed by atoms with van der Waals surface area (Å²) >= 11 is 6.11. The number of nitrogens with zero attached hydrogens (tertiary/aromatic N) is 2. The number of halogens is 1. The summed E-state index contributed by atoms with van der Waals surface area (Å²) in [4.78, 5) is 32.9. The number of carbonyl (C=O) groups is 2. The van der Waals surface area contributed by atoms with Gasteiger partial charge in [0.25, 0.3) is 0 Å². The average molecular weight is 418 g/mol. The molecule has 1 aliphatic heterocycles. The minimum atomic E-state index is -0.388. The van der Waals surface area contributed by atoms with Crippen LogP contribution in [0.3, 0.4) is 0 Å². The Labute approximate surface area is 176 Å². The number of rotatable bonds is 6. The second-order valence-corrected chi connectivity index (χ2v) is 7.83. The number of anilines is 1. The van der Waals surface area contributed by atoms with Crippen LogP contribution < -0.4 is 4.90 Å². The number of ketones is 1. The van der Waals surface area contributed by atoms with Crippen molar-refractivity contribution in [2.24, 2.45) is 0 Å². The normalized spacial score (nSPS) is 16.0. The van der Waals surface area contributed by atoms with Crippen LogP contribution in [0.4, 0.5) is 5.69 Å². The van der Waals surface area contributed by atoms with E-state index in [1.165, 1.54) is 0 Å². The van der Waals surface area contributed by atoms with Crippen molar-refractivity contribution >= 4 is 29.0 Å². The van der Waals surface area contributed by atoms with Gasteiger partial charge in [0.15, 0.2) is 5.78 Å². The van der Waals surface area contributed by atoms with Gasteiger partial charge in [0.2, 0.25) is 0 Å². The fourth-order valence-corrected chi connectivity index (χ4v) is 4.11. The molecule has 3 rings (SSSR count). The van der Waals surface area contributed by atoms with E-state index in [0.717, 1.165) is 36.9 Å². The fraction of sp³-hybridized carbons (Fsp3) is 0.455. The lowest BCUT2D eigenvalue weighted by molar-refractivity contribution is 0.0525.